The van der Waals surface area contributed by atoms with Gasteiger partial charge < -0.3 is 11.1 Å². The van der Waals surface area contributed by atoms with Crippen molar-refractivity contribution >= 4 is 11.9 Å². The Bertz CT molecular complexity index is 437. The Kier molecular flexibility index (Phi) is 2.35. The lowest BCUT2D eigenvalue weighted by Gasteiger charge is -2.56. The average molecular weight is 261 g/mol. The van der Waals surface area contributed by atoms with E-state index in [1.54, 1.807) is 4.68 Å². The van der Waals surface area contributed by atoms with Gasteiger partial charge in [-0.05, 0) is 61.7 Å². The van der Waals surface area contributed by atoms with Crippen LogP contribution in [-0.2, 0) is 7.05 Å². The van der Waals surface area contributed by atoms with Crippen LogP contribution < -0.4 is 11.1 Å². The number of nitrogen functional groups attached to an aromatic ring is 1. The van der Waals surface area contributed by atoms with Crippen LogP contribution >= 0.6 is 0 Å². The Morgan fingerprint density at radius 3 is 2.26 bits per heavy atom. The largest absolute Gasteiger partial charge is 0.368 e. The normalized spacial score (nSPS) is 39.7. The lowest BCUT2D eigenvalue weighted by atomic mass is 9.49. The minimum atomic E-state index is 0.480. The number of rotatable bonds is 3. The highest BCUT2D eigenvalue weighted by molar-refractivity contribution is 5.31. The van der Waals surface area contributed by atoms with Crippen LogP contribution in [0.5, 0.6) is 0 Å². The number of nitrogens with zero attached hydrogens (tertiary/aromatic N) is 3. The van der Waals surface area contributed by atoms with Crippen molar-refractivity contribution in [2.45, 2.75) is 38.5 Å². The molecule has 1 aromatic heterocycles. The first-order valence-corrected chi connectivity index (χ1v) is 7.52. The summed E-state index contributed by atoms with van der Waals surface area (Å²) in [6.45, 7) is 1.03. The van der Waals surface area contributed by atoms with Crippen molar-refractivity contribution in [1.29, 1.82) is 0 Å². The molecule has 1 aromatic rings. The average Bonchev–Trinajstić information content (AvgIpc) is 2.65. The molecule has 5 heteroatoms. The molecule has 1 heterocycles. The quantitative estimate of drug-likeness (QED) is 0.873. The number of nitrogens with two attached hydrogens (primary N) is 1. The van der Waals surface area contributed by atoms with Gasteiger partial charge in [-0.15, -0.1) is 5.10 Å². The summed E-state index contributed by atoms with van der Waals surface area (Å²) in [4.78, 5) is 4.25. The van der Waals surface area contributed by atoms with Gasteiger partial charge in [-0.25, -0.2) is 4.68 Å². The second kappa shape index (κ2) is 3.87. The van der Waals surface area contributed by atoms with Crippen molar-refractivity contribution in [1.82, 2.24) is 14.8 Å². The summed E-state index contributed by atoms with van der Waals surface area (Å²) in [6, 6.07) is 0. The smallest absolute Gasteiger partial charge is 0.243 e. The predicted molar refractivity (Wildman–Crippen MR) is 74.5 cm³/mol. The highest BCUT2D eigenvalue weighted by Crippen LogP contribution is 2.59. The first-order valence-electron chi connectivity index (χ1n) is 7.52. The molecule has 4 fully saturated rings. The van der Waals surface area contributed by atoms with Crippen molar-refractivity contribution in [3.05, 3.63) is 0 Å². The van der Waals surface area contributed by atoms with E-state index in [-0.39, 0.29) is 0 Å². The molecule has 0 spiro atoms. The van der Waals surface area contributed by atoms with Gasteiger partial charge in [-0.2, -0.15) is 4.98 Å². The second-order valence-electron chi connectivity index (χ2n) is 7.19. The Balaban J connectivity index is 1.47. The molecule has 0 amide bonds. The molecule has 0 aliphatic heterocycles. The molecule has 0 saturated heterocycles. The van der Waals surface area contributed by atoms with E-state index in [0.29, 0.717) is 17.3 Å². The van der Waals surface area contributed by atoms with Crippen molar-refractivity contribution in [2.24, 2.45) is 30.2 Å². The fraction of sp³-hybridized carbons (Fsp3) is 0.857. The van der Waals surface area contributed by atoms with Crippen molar-refractivity contribution in [2.75, 3.05) is 17.6 Å². The van der Waals surface area contributed by atoms with E-state index in [4.69, 9.17) is 5.73 Å². The molecule has 4 aliphatic rings. The van der Waals surface area contributed by atoms with Gasteiger partial charge in [0.05, 0.1) is 0 Å². The van der Waals surface area contributed by atoms with Crippen molar-refractivity contribution < 1.29 is 0 Å². The first kappa shape index (κ1) is 11.6. The number of nitrogens with one attached hydrogen (secondary N) is 1. The Morgan fingerprint density at radius 1 is 1.21 bits per heavy atom. The van der Waals surface area contributed by atoms with Crippen LogP contribution in [0.15, 0.2) is 0 Å². The summed E-state index contributed by atoms with van der Waals surface area (Å²) < 4.78 is 1.63. The molecule has 0 atom stereocenters. The molecule has 4 aliphatic carbocycles. The topological polar surface area (TPSA) is 68.8 Å². The van der Waals surface area contributed by atoms with Crippen molar-refractivity contribution in [3.8, 4) is 0 Å². The number of aromatic nitrogens is 3. The zero-order valence-electron chi connectivity index (χ0n) is 11.6. The second-order valence-corrected chi connectivity index (χ2v) is 7.19. The number of aryl methyl sites for hydroxylation is 1. The molecule has 5 rings (SSSR count). The maximum absolute atomic E-state index is 5.73. The maximum atomic E-state index is 5.73. The molecule has 3 N–H and O–H groups in total. The fourth-order valence-electron chi connectivity index (χ4n) is 5.24. The van der Waals surface area contributed by atoms with Crippen LogP contribution in [0.3, 0.4) is 0 Å². The van der Waals surface area contributed by atoms with Crippen molar-refractivity contribution in [3.63, 3.8) is 0 Å². The minimum absolute atomic E-state index is 0.480. The van der Waals surface area contributed by atoms with E-state index >= 15 is 0 Å². The predicted octanol–water partition coefficient (Wildman–Crippen LogP) is 2.03. The number of anilines is 2. The van der Waals surface area contributed by atoms with E-state index in [1.165, 1.54) is 38.5 Å². The monoisotopic (exact) mass is 261 g/mol. The maximum Gasteiger partial charge on any atom is 0.243 e. The summed E-state index contributed by atoms with van der Waals surface area (Å²) in [7, 11) is 1.83. The molecule has 19 heavy (non-hydrogen) atoms. The van der Waals surface area contributed by atoms with E-state index < -0.39 is 0 Å². The summed E-state index contributed by atoms with van der Waals surface area (Å²) in [5.41, 5.74) is 6.24. The molecule has 5 nitrogen and oxygen atoms in total. The molecular weight excluding hydrogens is 238 g/mol. The van der Waals surface area contributed by atoms with Crippen LogP contribution in [0.25, 0.3) is 0 Å². The highest BCUT2D eigenvalue weighted by atomic mass is 15.4. The van der Waals surface area contributed by atoms with Gasteiger partial charge in [0.25, 0.3) is 0 Å². The summed E-state index contributed by atoms with van der Waals surface area (Å²) in [5, 5.41) is 7.74. The standard InChI is InChI=1S/C14H23N5/c1-19-12(15)17-13(18-19)16-8-14-5-9-2-10(6-14)4-11(3-9)7-14/h9-11H,2-8H2,1H3,(H3,15,16,17,18). The van der Waals surface area contributed by atoms with Crippen LogP contribution in [0.4, 0.5) is 11.9 Å². The molecule has 4 saturated carbocycles. The third-order valence-electron chi connectivity index (χ3n) is 5.58. The lowest BCUT2D eigenvalue weighted by Crippen LogP contribution is -2.49. The summed E-state index contributed by atoms with van der Waals surface area (Å²) in [5.74, 6) is 4.16. The van der Waals surface area contributed by atoms with E-state index in [1.807, 2.05) is 7.05 Å². The lowest BCUT2D eigenvalue weighted by molar-refractivity contribution is -0.0445. The van der Waals surface area contributed by atoms with E-state index in [9.17, 15) is 0 Å². The highest BCUT2D eigenvalue weighted by Gasteiger charge is 2.50. The van der Waals surface area contributed by atoms with Gasteiger partial charge >= 0.3 is 0 Å². The first-order chi connectivity index (χ1) is 9.12. The van der Waals surface area contributed by atoms with Gasteiger partial charge in [0, 0.05) is 13.6 Å². The number of hydrogen-bond acceptors (Lipinski definition) is 4. The van der Waals surface area contributed by atoms with Gasteiger partial charge in [-0.3, -0.25) is 0 Å². The SMILES string of the molecule is Cn1nc(NCC23CC4CC(CC(C4)C2)C3)nc1N. The summed E-state index contributed by atoms with van der Waals surface area (Å²) >= 11 is 0. The molecule has 0 unspecified atom stereocenters. The molecular formula is C14H23N5. The van der Waals surface area contributed by atoms with Crippen LogP contribution in [0.1, 0.15) is 38.5 Å². The van der Waals surface area contributed by atoms with Gasteiger partial charge in [0.15, 0.2) is 0 Å². The molecule has 0 aromatic carbocycles. The van der Waals surface area contributed by atoms with Gasteiger partial charge in [0.1, 0.15) is 0 Å². The minimum Gasteiger partial charge on any atom is -0.368 e. The summed E-state index contributed by atoms with van der Waals surface area (Å²) in [6.07, 6.45) is 8.72. The third kappa shape index (κ3) is 1.90. The third-order valence-corrected chi connectivity index (χ3v) is 5.58. The van der Waals surface area contributed by atoms with Crippen LogP contribution in [0.2, 0.25) is 0 Å². The number of hydrogen-bond donors (Lipinski definition) is 2. The molecule has 104 valence electrons. The molecule has 4 bridgehead atoms. The zero-order valence-corrected chi connectivity index (χ0v) is 11.6. The molecule has 0 radical (unpaired) electrons. The van der Waals surface area contributed by atoms with Crippen LogP contribution in [-0.4, -0.2) is 21.3 Å². The zero-order chi connectivity index (χ0) is 13.0. The van der Waals surface area contributed by atoms with Gasteiger partial charge in [-0.1, -0.05) is 0 Å². The van der Waals surface area contributed by atoms with Crippen LogP contribution in [0, 0.1) is 23.2 Å². The Morgan fingerprint density at radius 2 is 1.79 bits per heavy atom. The van der Waals surface area contributed by atoms with E-state index in [0.717, 1.165) is 24.3 Å². The Labute approximate surface area is 114 Å². The Hall–Kier alpha value is -1.26. The van der Waals surface area contributed by atoms with Gasteiger partial charge in [0.2, 0.25) is 11.9 Å². The van der Waals surface area contributed by atoms with E-state index in [2.05, 4.69) is 15.4 Å². The fourth-order valence-corrected chi connectivity index (χ4v) is 5.24.